The van der Waals surface area contributed by atoms with Gasteiger partial charge in [0.2, 0.25) is 6.79 Å². The summed E-state index contributed by atoms with van der Waals surface area (Å²) in [6.45, 7) is 0.806. The summed E-state index contributed by atoms with van der Waals surface area (Å²) in [6.07, 6.45) is 1.80. The zero-order valence-electron chi connectivity index (χ0n) is 13.9. The first-order valence-electron chi connectivity index (χ1n) is 8.18. The van der Waals surface area contributed by atoms with Gasteiger partial charge in [0.05, 0.1) is 5.69 Å². The molecular weight excluding hydrogens is 394 g/mol. The molecule has 4 rings (SSSR count). The first-order valence-corrected chi connectivity index (χ1v) is 8.97. The first-order chi connectivity index (χ1) is 12.8. The number of halogens is 1. The Bertz CT molecular complexity index is 924. The van der Waals surface area contributed by atoms with E-state index in [0.717, 1.165) is 38.5 Å². The van der Waals surface area contributed by atoms with Crippen molar-refractivity contribution in [3.05, 3.63) is 82.3 Å². The Morgan fingerprint density at radius 3 is 2.46 bits per heavy atom. The molecule has 0 radical (unpaired) electrons. The van der Waals surface area contributed by atoms with Gasteiger partial charge in [0.1, 0.15) is 12.4 Å². The molecule has 5 heteroatoms. The van der Waals surface area contributed by atoms with E-state index in [1.807, 2.05) is 66.7 Å². The Labute approximate surface area is 160 Å². The fourth-order valence-electron chi connectivity index (χ4n) is 2.55. The number of rotatable bonds is 5. The van der Waals surface area contributed by atoms with E-state index in [0.29, 0.717) is 6.61 Å². The molecule has 3 aromatic carbocycles. The van der Waals surface area contributed by atoms with Gasteiger partial charge in [0.15, 0.2) is 11.5 Å². The molecule has 0 aromatic heterocycles. The number of benzene rings is 3. The van der Waals surface area contributed by atoms with Gasteiger partial charge in [-0.25, -0.2) is 0 Å². The van der Waals surface area contributed by atoms with Gasteiger partial charge >= 0.3 is 0 Å². The van der Waals surface area contributed by atoms with E-state index in [2.05, 4.69) is 20.9 Å². The van der Waals surface area contributed by atoms with Crippen LogP contribution in [0.1, 0.15) is 11.1 Å². The van der Waals surface area contributed by atoms with Crippen molar-refractivity contribution in [2.45, 2.75) is 6.61 Å². The van der Waals surface area contributed by atoms with E-state index < -0.39 is 0 Å². The summed E-state index contributed by atoms with van der Waals surface area (Å²) in [5, 5.41) is 0. The summed E-state index contributed by atoms with van der Waals surface area (Å²) in [5.41, 5.74) is 2.92. The maximum Gasteiger partial charge on any atom is 0.231 e. The predicted molar refractivity (Wildman–Crippen MR) is 105 cm³/mol. The second-order valence-corrected chi connectivity index (χ2v) is 6.61. The van der Waals surface area contributed by atoms with Crippen LogP contribution in [0.2, 0.25) is 0 Å². The topological polar surface area (TPSA) is 40.0 Å². The standard InChI is InChI=1S/C21H16BrNO3/c22-19-11-21-20(25-14-26-21)10-16(19)12-23-17-6-8-18(9-7-17)24-13-15-4-2-1-3-5-15/h1-12H,13-14H2. The zero-order valence-corrected chi connectivity index (χ0v) is 15.5. The second kappa shape index (κ2) is 7.62. The van der Waals surface area contributed by atoms with Crippen LogP contribution in [0.15, 0.2) is 76.2 Å². The molecule has 0 amide bonds. The van der Waals surface area contributed by atoms with Gasteiger partial charge in [-0.05, 0) is 57.9 Å². The maximum atomic E-state index is 5.79. The fourth-order valence-corrected chi connectivity index (χ4v) is 2.97. The Morgan fingerprint density at radius 2 is 1.69 bits per heavy atom. The van der Waals surface area contributed by atoms with E-state index in [-0.39, 0.29) is 6.79 Å². The molecule has 1 aliphatic rings. The molecule has 0 atom stereocenters. The molecule has 0 fully saturated rings. The SMILES string of the molecule is Brc1cc2c(cc1C=Nc1ccc(OCc3ccccc3)cc1)OCO2. The molecular formula is C21H16BrNO3. The second-order valence-electron chi connectivity index (χ2n) is 5.75. The molecule has 0 saturated heterocycles. The van der Waals surface area contributed by atoms with E-state index in [1.165, 1.54) is 0 Å². The quantitative estimate of drug-likeness (QED) is 0.521. The van der Waals surface area contributed by atoms with Gasteiger partial charge in [-0.1, -0.05) is 30.3 Å². The lowest BCUT2D eigenvalue weighted by atomic mass is 10.2. The molecule has 0 spiro atoms. The Balaban J connectivity index is 1.42. The minimum Gasteiger partial charge on any atom is -0.489 e. The summed E-state index contributed by atoms with van der Waals surface area (Å²) in [7, 11) is 0. The van der Waals surface area contributed by atoms with Crippen molar-refractivity contribution < 1.29 is 14.2 Å². The highest BCUT2D eigenvalue weighted by molar-refractivity contribution is 9.10. The summed E-state index contributed by atoms with van der Waals surface area (Å²) in [5.74, 6) is 2.30. The van der Waals surface area contributed by atoms with Crippen LogP contribution in [0.25, 0.3) is 0 Å². The number of hydrogen-bond acceptors (Lipinski definition) is 4. The third-order valence-corrected chi connectivity index (χ3v) is 4.62. The molecule has 26 heavy (non-hydrogen) atoms. The van der Waals surface area contributed by atoms with Crippen LogP contribution in [-0.2, 0) is 6.61 Å². The lowest BCUT2D eigenvalue weighted by Crippen LogP contribution is -1.94. The van der Waals surface area contributed by atoms with Gasteiger partial charge in [-0.3, -0.25) is 4.99 Å². The van der Waals surface area contributed by atoms with Crippen LogP contribution in [0.5, 0.6) is 17.2 Å². The molecule has 0 aliphatic carbocycles. The highest BCUT2D eigenvalue weighted by atomic mass is 79.9. The minimum atomic E-state index is 0.257. The van der Waals surface area contributed by atoms with Crippen LogP contribution in [0.4, 0.5) is 5.69 Å². The highest BCUT2D eigenvalue weighted by Gasteiger charge is 2.15. The van der Waals surface area contributed by atoms with Gasteiger partial charge < -0.3 is 14.2 Å². The van der Waals surface area contributed by atoms with Crippen molar-refractivity contribution >= 4 is 27.8 Å². The summed E-state index contributed by atoms with van der Waals surface area (Å²) >= 11 is 3.53. The predicted octanol–water partition coefficient (Wildman–Crippen LogP) is 5.51. The van der Waals surface area contributed by atoms with Crippen molar-refractivity contribution in [3.63, 3.8) is 0 Å². The molecule has 130 valence electrons. The van der Waals surface area contributed by atoms with Crippen molar-refractivity contribution in [2.75, 3.05) is 6.79 Å². The fraction of sp³-hybridized carbons (Fsp3) is 0.0952. The van der Waals surface area contributed by atoms with Crippen LogP contribution >= 0.6 is 15.9 Å². The normalized spacial score (nSPS) is 12.5. The maximum absolute atomic E-state index is 5.79. The van der Waals surface area contributed by atoms with E-state index in [4.69, 9.17) is 14.2 Å². The Morgan fingerprint density at radius 1 is 0.962 bits per heavy atom. The number of ether oxygens (including phenoxy) is 3. The summed E-state index contributed by atoms with van der Waals surface area (Å²) in [4.78, 5) is 4.52. The van der Waals surface area contributed by atoms with Gasteiger partial charge in [-0.2, -0.15) is 0 Å². The molecule has 3 aromatic rings. The molecule has 0 bridgehead atoms. The lowest BCUT2D eigenvalue weighted by Gasteiger charge is -2.06. The van der Waals surface area contributed by atoms with Crippen molar-refractivity contribution in [2.24, 2.45) is 4.99 Å². The van der Waals surface area contributed by atoms with Crippen molar-refractivity contribution in [1.82, 2.24) is 0 Å². The van der Waals surface area contributed by atoms with Gasteiger partial charge in [0, 0.05) is 16.3 Å². The highest BCUT2D eigenvalue weighted by Crippen LogP contribution is 2.36. The van der Waals surface area contributed by atoms with Gasteiger partial charge in [0.25, 0.3) is 0 Å². The molecule has 4 nitrogen and oxygen atoms in total. The van der Waals surface area contributed by atoms with E-state index in [1.54, 1.807) is 6.21 Å². The third-order valence-electron chi connectivity index (χ3n) is 3.93. The minimum absolute atomic E-state index is 0.257. The summed E-state index contributed by atoms with van der Waals surface area (Å²) in [6, 6.07) is 21.6. The molecule has 1 heterocycles. The number of nitrogens with zero attached hydrogens (tertiary/aromatic N) is 1. The Hall–Kier alpha value is -2.79. The molecule has 1 aliphatic heterocycles. The third kappa shape index (κ3) is 3.89. The zero-order chi connectivity index (χ0) is 17.8. The van der Waals surface area contributed by atoms with E-state index >= 15 is 0 Å². The molecule has 0 N–H and O–H groups in total. The number of aliphatic imine (C=N–C) groups is 1. The monoisotopic (exact) mass is 409 g/mol. The average molecular weight is 410 g/mol. The number of hydrogen-bond donors (Lipinski definition) is 0. The van der Waals surface area contributed by atoms with E-state index in [9.17, 15) is 0 Å². The molecule has 0 unspecified atom stereocenters. The van der Waals surface area contributed by atoms with Crippen LogP contribution in [-0.4, -0.2) is 13.0 Å². The van der Waals surface area contributed by atoms with Crippen LogP contribution < -0.4 is 14.2 Å². The van der Waals surface area contributed by atoms with Crippen molar-refractivity contribution in [1.29, 1.82) is 0 Å². The summed E-state index contributed by atoms with van der Waals surface area (Å²) < 4.78 is 17.5. The number of fused-ring (bicyclic) bond motifs is 1. The average Bonchev–Trinajstić information content (AvgIpc) is 3.13. The van der Waals surface area contributed by atoms with Gasteiger partial charge in [-0.15, -0.1) is 0 Å². The smallest absolute Gasteiger partial charge is 0.231 e. The Kier molecular flexibility index (Phi) is 4.88. The van der Waals surface area contributed by atoms with Crippen molar-refractivity contribution in [3.8, 4) is 17.2 Å². The lowest BCUT2D eigenvalue weighted by molar-refractivity contribution is 0.174. The van der Waals surface area contributed by atoms with Crippen LogP contribution in [0, 0.1) is 0 Å². The molecule has 0 saturated carbocycles. The first kappa shape index (κ1) is 16.7. The largest absolute Gasteiger partial charge is 0.489 e. The van der Waals surface area contributed by atoms with Crippen LogP contribution in [0.3, 0.4) is 0 Å².